The number of hydrogen-bond acceptors (Lipinski definition) is 7. The van der Waals surface area contributed by atoms with Crippen molar-refractivity contribution < 1.29 is 9.53 Å². The highest BCUT2D eigenvalue weighted by Crippen LogP contribution is 2.34. The van der Waals surface area contributed by atoms with E-state index in [9.17, 15) is 4.79 Å². The fraction of sp³-hybridized carbons (Fsp3) is 0.263. The molecule has 2 N–H and O–H groups in total. The molecule has 2 aliphatic rings. The van der Waals surface area contributed by atoms with Crippen LogP contribution < -0.4 is 15.4 Å². The third-order valence-corrected chi connectivity index (χ3v) is 5.53. The highest BCUT2D eigenvalue weighted by Gasteiger charge is 2.19. The van der Waals surface area contributed by atoms with Crippen LogP contribution in [0.15, 0.2) is 23.6 Å². The average Bonchev–Trinajstić information content (AvgIpc) is 3.31. The maximum Gasteiger partial charge on any atom is 0.262 e. The van der Waals surface area contributed by atoms with Crippen LogP contribution >= 0.6 is 11.3 Å². The van der Waals surface area contributed by atoms with Gasteiger partial charge in [-0.1, -0.05) is 0 Å². The van der Waals surface area contributed by atoms with E-state index < -0.39 is 0 Å². The molecule has 5 rings (SSSR count). The molecule has 0 saturated carbocycles. The van der Waals surface area contributed by atoms with Gasteiger partial charge in [0.25, 0.3) is 5.91 Å². The normalized spacial score (nSPS) is 14.9. The van der Waals surface area contributed by atoms with Crippen LogP contribution in [0.25, 0.3) is 11.3 Å². The van der Waals surface area contributed by atoms with Crippen LogP contribution in [-0.4, -0.2) is 27.5 Å². The topological polar surface area (TPSA) is 89.0 Å². The largest absolute Gasteiger partial charge is 0.482 e. The Bertz CT molecular complexity index is 1060. The van der Waals surface area contributed by atoms with Crippen molar-refractivity contribution in [3.8, 4) is 17.0 Å². The predicted octanol–water partition coefficient (Wildman–Crippen LogP) is 3.47. The van der Waals surface area contributed by atoms with Crippen molar-refractivity contribution in [3.05, 3.63) is 40.5 Å². The first kappa shape index (κ1) is 16.2. The number of anilines is 3. The Hall–Kier alpha value is -3.00. The van der Waals surface area contributed by atoms with Gasteiger partial charge in [-0.15, -0.1) is 11.3 Å². The molecule has 0 radical (unpaired) electrons. The smallest absolute Gasteiger partial charge is 0.262 e. The molecule has 0 unspecified atom stereocenters. The summed E-state index contributed by atoms with van der Waals surface area (Å²) in [5, 5.41) is 8.75. The van der Waals surface area contributed by atoms with Crippen LogP contribution in [0.5, 0.6) is 5.75 Å². The van der Waals surface area contributed by atoms with Crippen molar-refractivity contribution in [2.45, 2.75) is 26.2 Å². The standard InChI is InChI=1S/C19H17N5O2S/c1-10-12-3-2-4-13(12)22-18(20-10)24-19-23-15(9-27-19)11-5-6-16-14(7-11)21-17(25)8-26-16/h5-7,9H,2-4,8H2,1H3,(H,21,25)(H,20,22,23,24). The molecule has 8 heteroatoms. The van der Waals surface area contributed by atoms with E-state index in [1.807, 2.05) is 30.5 Å². The van der Waals surface area contributed by atoms with E-state index in [0.29, 0.717) is 17.4 Å². The summed E-state index contributed by atoms with van der Waals surface area (Å²) >= 11 is 1.50. The quantitative estimate of drug-likeness (QED) is 0.724. The first-order valence-electron chi connectivity index (χ1n) is 8.82. The molecule has 1 aliphatic carbocycles. The van der Waals surface area contributed by atoms with Gasteiger partial charge in [-0.05, 0) is 49.9 Å². The van der Waals surface area contributed by atoms with Gasteiger partial charge in [0.2, 0.25) is 5.95 Å². The van der Waals surface area contributed by atoms with Crippen molar-refractivity contribution in [1.82, 2.24) is 15.0 Å². The number of hydrogen-bond donors (Lipinski definition) is 2. The second-order valence-corrected chi connectivity index (χ2v) is 7.48. The van der Waals surface area contributed by atoms with Crippen molar-refractivity contribution >= 4 is 34.0 Å². The zero-order valence-electron chi connectivity index (χ0n) is 14.7. The lowest BCUT2D eigenvalue weighted by Crippen LogP contribution is -2.25. The molecule has 0 spiro atoms. The molecule has 1 aliphatic heterocycles. The Morgan fingerprint density at radius 2 is 2.15 bits per heavy atom. The first-order chi connectivity index (χ1) is 13.2. The molecule has 27 heavy (non-hydrogen) atoms. The zero-order valence-corrected chi connectivity index (χ0v) is 15.5. The van der Waals surface area contributed by atoms with Crippen LogP contribution in [-0.2, 0) is 17.6 Å². The number of nitrogens with zero attached hydrogens (tertiary/aromatic N) is 3. The molecular formula is C19H17N5O2S. The van der Waals surface area contributed by atoms with Gasteiger partial charge in [-0.2, -0.15) is 0 Å². The van der Waals surface area contributed by atoms with Crippen molar-refractivity contribution in [2.75, 3.05) is 17.2 Å². The van der Waals surface area contributed by atoms with E-state index in [1.54, 1.807) is 0 Å². The fourth-order valence-electron chi connectivity index (χ4n) is 3.48. The Balaban J connectivity index is 1.40. The number of carbonyl (C=O) groups is 1. The van der Waals surface area contributed by atoms with Gasteiger partial charge in [0.1, 0.15) is 5.75 Å². The lowest BCUT2D eigenvalue weighted by molar-refractivity contribution is -0.118. The number of ether oxygens (including phenoxy) is 1. The molecule has 0 bridgehead atoms. The molecule has 1 aromatic carbocycles. The number of benzene rings is 1. The van der Waals surface area contributed by atoms with Gasteiger partial charge in [-0.25, -0.2) is 15.0 Å². The number of nitrogens with one attached hydrogen (secondary N) is 2. The predicted molar refractivity (Wildman–Crippen MR) is 104 cm³/mol. The van der Waals surface area contributed by atoms with Crippen LogP contribution in [0.3, 0.4) is 0 Å². The minimum Gasteiger partial charge on any atom is -0.482 e. The van der Waals surface area contributed by atoms with Gasteiger partial charge < -0.3 is 15.4 Å². The number of aryl methyl sites for hydroxylation is 2. The van der Waals surface area contributed by atoms with Gasteiger partial charge in [0.05, 0.1) is 11.4 Å². The fourth-order valence-corrected chi connectivity index (χ4v) is 4.19. The summed E-state index contributed by atoms with van der Waals surface area (Å²) in [5.74, 6) is 1.12. The average molecular weight is 379 g/mol. The number of amides is 1. The van der Waals surface area contributed by atoms with E-state index in [1.165, 1.54) is 16.9 Å². The first-order valence-corrected chi connectivity index (χ1v) is 9.70. The number of rotatable bonds is 3. The third-order valence-electron chi connectivity index (χ3n) is 4.77. The molecule has 3 aromatic rings. The lowest BCUT2D eigenvalue weighted by Gasteiger charge is -2.18. The van der Waals surface area contributed by atoms with Crippen LogP contribution in [0, 0.1) is 6.92 Å². The summed E-state index contributed by atoms with van der Waals surface area (Å²) in [4.78, 5) is 25.4. The number of carbonyl (C=O) groups excluding carboxylic acids is 1. The summed E-state index contributed by atoms with van der Waals surface area (Å²) in [6, 6.07) is 5.66. The van der Waals surface area contributed by atoms with Gasteiger partial charge >= 0.3 is 0 Å². The van der Waals surface area contributed by atoms with Crippen LogP contribution in [0.4, 0.5) is 16.8 Å². The Morgan fingerprint density at radius 3 is 3.07 bits per heavy atom. The molecule has 0 fully saturated rings. The summed E-state index contributed by atoms with van der Waals surface area (Å²) in [6.07, 6.45) is 3.23. The van der Waals surface area contributed by atoms with Gasteiger partial charge in [0.15, 0.2) is 11.7 Å². The number of thiazole rings is 1. The van der Waals surface area contributed by atoms with E-state index in [0.717, 1.165) is 47.0 Å². The monoisotopic (exact) mass is 379 g/mol. The highest BCUT2D eigenvalue weighted by atomic mass is 32.1. The van der Waals surface area contributed by atoms with E-state index in [2.05, 4.69) is 25.6 Å². The van der Waals surface area contributed by atoms with Crippen molar-refractivity contribution in [1.29, 1.82) is 0 Å². The SMILES string of the molecule is Cc1nc(Nc2nc(-c3ccc4c(c3)NC(=O)CO4)cs2)nc2c1CCC2. The number of fused-ring (bicyclic) bond motifs is 2. The lowest BCUT2D eigenvalue weighted by atomic mass is 10.1. The van der Waals surface area contributed by atoms with Crippen molar-refractivity contribution in [2.24, 2.45) is 0 Å². The Morgan fingerprint density at radius 1 is 1.22 bits per heavy atom. The maximum absolute atomic E-state index is 11.5. The summed E-state index contributed by atoms with van der Waals surface area (Å²) in [7, 11) is 0. The van der Waals surface area contributed by atoms with Crippen LogP contribution in [0.1, 0.15) is 23.4 Å². The Labute approximate surface area is 159 Å². The summed E-state index contributed by atoms with van der Waals surface area (Å²) in [6.45, 7) is 2.09. The van der Waals surface area contributed by atoms with E-state index in [-0.39, 0.29) is 12.5 Å². The number of aromatic nitrogens is 3. The second kappa shape index (κ2) is 6.31. The second-order valence-electron chi connectivity index (χ2n) is 6.62. The van der Waals surface area contributed by atoms with Gasteiger partial charge in [0, 0.05) is 22.3 Å². The Kier molecular flexibility index (Phi) is 3.78. The molecular weight excluding hydrogens is 362 g/mol. The third kappa shape index (κ3) is 3.02. The van der Waals surface area contributed by atoms with Crippen molar-refractivity contribution in [3.63, 3.8) is 0 Å². The summed E-state index contributed by atoms with van der Waals surface area (Å²) in [5.41, 5.74) is 5.88. The zero-order chi connectivity index (χ0) is 18.4. The van der Waals surface area contributed by atoms with E-state index in [4.69, 9.17) is 4.74 Å². The molecule has 1 amide bonds. The maximum atomic E-state index is 11.5. The highest BCUT2D eigenvalue weighted by molar-refractivity contribution is 7.14. The minimum absolute atomic E-state index is 0.0529. The molecule has 0 saturated heterocycles. The van der Waals surface area contributed by atoms with Crippen LogP contribution in [0.2, 0.25) is 0 Å². The molecule has 7 nitrogen and oxygen atoms in total. The summed E-state index contributed by atoms with van der Waals surface area (Å²) < 4.78 is 5.40. The molecule has 2 aromatic heterocycles. The molecule has 136 valence electrons. The van der Waals surface area contributed by atoms with E-state index >= 15 is 0 Å². The molecule has 0 atom stereocenters. The minimum atomic E-state index is -0.149. The molecule has 3 heterocycles. The van der Waals surface area contributed by atoms with Gasteiger partial charge in [-0.3, -0.25) is 4.79 Å².